The molecule has 0 aromatic heterocycles. The molecule has 0 aromatic rings. The molecule has 0 aliphatic heterocycles. The average molecular weight is 172 g/mol. The average Bonchev–Trinajstić information content (AvgIpc) is 2.04. The monoisotopic (exact) mass is 172 g/mol. The second-order valence-electron chi connectivity index (χ2n) is 3.41. The number of rotatable bonds is 6. The second-order valence-corrected chi connectivity index (χ2v) is 3.41. The van der Waals surface area contributed by atoms with E-state index in [9.17, 15) is 0 Å². The van der Waals surface area contributed by atoms with Crippen LogP contribution in [0.3, 0.4) is 0 Å². The summed E-state index contributed by atoms with van der Waals surface area (Å²) in [5, 5.41) is 17.3. The van der Waals surface area contributed by atoms with Gasteiger partial charge in [0.05, 0.1) is 6.61 Å². The molecule has 0 aliphatic carbocycles. The van der Waals surface area contributed by atoms with Crippen LogP contribution in [0, 0.1) is 5.92 Å². The predicted molar refractivity (Wildman–Crippen MR) is 50.9 cm³/mol. The van der Waals surface area contributed by atoms with Crippen molar-refractivity contribution in [3.63, 3.8) is 0 Å². The lowest BCUT2D eigenvalue weighted by atomic mass is 10.0. The summed E-state index contributed by atoms with van der Waals surface area (Å²) in [6.07, 6.45) is 5.03. The van der Waals surface area contributed by atoms with E-state index >= 15 is 0 Å². The predicted octanol–water partition coefficient (Wildman–Crippen LogP) is 1.72. The summed E-state index contributed by atoms with van der Waals surface area (Å²) >= 11 is 0. The highest BCUT2D eigenvalue weighted by Crippen LogP contribution is 2.11. The fourth-order valence-electron chi connectivity index (χ4n) is 1.08. The van der Waals surface area contributed by atoms with Gasteiger partial charge < -0.3 is 10.2 Å². The van der Waals surface area contributed by atoms with Gasteiger partial charge >= 0.3 is 0 Å². The van der Waals surface area contributed by atoms with Crippen molar-refractivity contribution in [2.24, 2.45) is 5.92 Å². The molecule has 0 aliphatic rings. The fraction of sp³-hybridized carbons (Fsp3) is 0.800. The Labute approximate surface area is 74.9 Å². The molecular weight excluding hydrogens is 152 g/mol. The Morgan fingerprint density at radius 3 is 2.58 bits per heavy atom. The van der Waals surface area contributed by atoms with Crippen molar-refractivity contribution in [3.8, 4) is 0 Å². The van der Waals surface area contributed by atoms with Gasteiger partial charge in [-0.3, -0.25) is 0 Å². The maximum absolute atomic E-state index is 8.75. The van der Waals surface area contributed by atoms with E-state index in [1.54, 1.807) is 0 Å². The van der Waals surface area contributed by atoms with Crippen molar-refractivity contribution in [1.29, 1.82) is 0 Å². The van der Waals surface area contributed by atoms with Crippen LogP contribution in [0.4, 0.5) is 0 Å². The maximum atomic E-state index is 8.75. The standard InChI is InChI=1S/C10H20O2/c1-9(6-7-11)4-3-5-10(2)8-12/h6,10-12H,3-5,7-8H2,1-2H3. The molecule has 72 valence electrons. The van der Waals surface area contributed by atoms with Gasteiger partial charge in [0.25, 0.3) is 0 Å². The SMILES string of the molecule is CC(=CCO)CCCC(C)CO. The first-order valence-corrected chi connectivity index (χ1v) is 4.58. The molecule has 0 radical (unpaired) electrons. The van der Waals surface area contributed by atoms with Crippen molar-refractivity contribution in [2.45, 2.75) is 33.1 Å². The van der Waals surface area contributed by atoms with Crippen molar-refractivity contribution >= 4 is 0 Å². The Morgan fingerprint density at radius 1 is 1.42 bits per heavy atom. The molecule has 2 N–H and O–H groups in total. The molecule has 2 heteroatoms. The van der Waals surface area contributed by atoms with Gasteiger partial charge in [0, 0.05) is 6.61 Å². The third-order valence-corrected chi connectivity index (χ3v) is 2.02. The highest BCUT2D eigenvalue weighted by atomic mass is 16.3. The minimum Gasteiger partial charge on any atom is -0.396 e. The summed E-state index contributed by atoms with van der Waals surface area (Å²) in [7, 11) is 0. The van der Waals surface area contributed by atoms with E-state index in [4.69, 9.17) is 10.2 Å². The third kappa shape index (κ3) is 6.38. The van der Waals surface area contributed by atoms with E-state index in [1.165, 1.54) is 5.57 Å². The number of hydrogen-bond acceptors (Lipinski definition) is 2. The number of allylic oxidation sites excluding steroid dienone is 1. The largest absolute Gasteiger partial charge is 0.396 e. The first-order chi connectivity index (χ1) is 5.70. The molecule has 0 fully saturated rings. The van der Waals surface area contributed by atoms with Gasteiger partial charge in [-0.15, -0.1) is 0 Å². The minimum atomic E-state index is 0.140. The molecule has 0 spiro atoms. The highest BCUT2D eigenvalue weighted by Gasteiger charge is 1.99. The van der Waals surface area contributed by atoms with Crippen LogP contribution in [0.2, 0.25) is 0 Å². The van der Waals surface area contributed by atoms with Crippen LogP contribution < -0.4 is 0 Å². The molecule has 0 rings (SSSR count). The summed E-state index contributed by atoms with van der Waals surface area (Å²) in [6.45, 7) is 4.50. The number of aliphatic hydroxyl groups is 2. The highest BCUT2D eigenvalue weighted by molar-refractivity contribution is 4.97. The molecular formula is C10H20O2. The molecule has 0 saturated heterocycles. The van der Waals surface area contributed by atoms with E-state index in [0.29, 0.717) is 5.92 Å². The van der Waals surface area contributed by atoms with E-state index in [0.717, 1.165) is 19.3 Å². The maximum Gasteiger partial charge on any atom is 0.0614 e. The van der Waals surface area contributed by atoms with Gasteiger partial charge in [0.2, 0.25) is 0 Å². The lowest BCUT2D eigenvalue weighted by molar-refractivity contribution is 0.228. The van der Waals surface area contributed by atoms with Crippen molar-refractivity contribution in [3.05, 3.63) is 11.6 Å². The molecule has 0 aromatic carbocycles. The van der Waals surface area contributed by atoms with Crippen LogP contribution in [0.15, 0.2) is 11.6 Å². The number of hydrogen-bond donors (Lipinski definition) is 2. The zero-order valence-corrected chi connectivity index (χ0v) is 8.08. The quantitative estimate of drug-likeness (QED) is 0.599. The summed E-state index contributed by atoms with van der Waals surface area (Å²) in [6, 6.07) is 0. The van der Waals surface area contributed by atoms with Crippen LogP contribution >= 0.6 is 0 Å². The molecule has 0 saturated carbocycles. The van der Waals surface area contributed by atoms with Crippen LogP contribution in [-0.2, 0) is 0 Å². The van der Waals surface area contributed by atoms with Gasteiger partial charge in [-0.1, -0.05) is 18.6 Å². The van der Waals surface area contributed by atoms with Gasteiger partial charge in [-0.25, -0.2) is 0 Å². The van der Waals surface area contributed by atoms with Gasteiger partial charge in [-0.2, -0.15) is 0 Å². The molecule has 0 bridgehead atoms. The Kier molecular flexibility index (Phi) is 7.11. The summed E-state index contributed by atoms with van der Waals surface area (Å²) in [4.78, 5) is 0. The van der Waals surface area contributed by atoms with Crippen LogP contribution in [0.5, 0.6) is 0 Å². The Morgan fingerprint density at radius 2 is 2.08 bits per heavy atom. The minimum absolute atomic E-state index is 0.140. The van der Waals surface area contributed by atoms with Crippen LogP contribution in [-0.4, -0.2) is 23.4 Å². The molecule has 0 heterocycles. The molecule has 12 heavy (non-hydrogen) atoms. The molecule has 2 nitrogen and oxygen atoms in total. The normalized spacial score (nSPS) is 14.8. The second kappa shape index (κ2) is 7.32. The number of aliphatic hydroxyl groups excluding tert-OH is 2. The van der Waals surface area contributed by atoms with E-state index in [2.05, 4.69) is 0 Å². The molecule has 0 amide bonds. The summed E-state index contributed by atoms with van der Waals surface area (Å²) in [5.74, 6) is 0.409. The zero-order valence-electron chi connectivity index (χ0n) is 8.08. The first kappa shape index (κ1) is 11.7. The Hall–Kier alpha value is -0.340. The van der Waals surface area contributed by atoms with Crippen molar-refractivity contribution in [2.75, 3.05) is 13.2 Å². The van der Waals surface area contributed by atoms with E-state index in [1.807, 2.05) is 19.9 Å². The van der Waals surface area contributed by atoms with Gasteiger partial charge in [0.15, 0.2) is 0 Å². The zero-order chi connectivity index (χ0) is 9.40. The van der Waals surface area contributed by atoms with Crippen LogP contribution in [0.25, 0.3) is 0 Å². The molecule has 1 unspecified atom stereocenters. The third-order valence-electron chi connectivity index (χ3n) is 2.02. The molecule has 1 atom stereocenters. The first-order valence-electron chi connectivity index (χ1n) is 4.58. The summed E-state index contributed by atoms with van der Waals surface area (Å²) in [5.41, 5.74) is 1.24. The fourth-order valence-corrected chi connectivity index (χ4v) is 1.08. The lowest BCUT2D eigenvalue weighted by Gasteiger charge is -2.06. The topological polar surface area (TPSA) is 40.5 Å². The van der Waals surface area contributed by atoms with Crippen molar-refractivity contribution < 1.29 is 10.2 Å². The summed E-state index contributed by atoms with van der Waals surface area (Å²) < 4.78 is 0. The van der Waals surface area contributed by atoms with Gasteiger partial charge in [0.1, 0.15) is 0 Å². The lowest BCUT2D eigenvalue weighted by Crippen LogP contribution is -1.99. The van der Waals surface area contributed by atoms with E-state index in [-0.39, 0.29) is 13.2 Å². The van der Waals surface area contributed by atoms with E-state index < -0.39 is 0 Å². The smallest absolute Gasteiger partial charge is 0.0614 e. The van der Waals surface area contributed by atoms with Gasteiger partial charge in [-0.05, 0) is 32.1 Å². The van der Waals surface area contributed by atoms with Crippen molar-refractivity contribution in [1.82, 2.24) is 0 Å². The Bertz CT molecular complexity index is 130. The van der Waals surface area contributed by atoms with Crippen LogP contribution in [0.1, 0.15) is 33.1 Å². The Balaban J connectivity index is 3.36.